The molecule has 0 atom stereocenters. The Labute approximate surface area is 107 Å². The van der Waals surface area contributed by atoms with E-state index in [1.165, 1.54) is 0 Å². The molecular formula is C13H11N3O3. The fourth-order valence-corrected chi connectivity index (χ4v) is 2.09. The topological polar surface area (TPSA) is 91.8 Å². The molecule has 19 heavy (non-hydrogen) atoms. The second-order valence-corrected chi connectivity index (χ2v) is 4.33. The van der Waals surface area contributed by atoms with Crippen LogP contribution >= 0.6 is 0 Å². The molecule has 2 N–H and O–H groups in total. The van der Waals surface area contributed by atoms with Gasteiger partial charge in [0.05, 0.1) is 18.4 Å². The second-order valence-electron chi connectivity index (χ2n) is 4.33. The molecule has 0 bridgehead atoms. The van der Waals surface area contributed by atoms with E-state index in [2.05, 4.69) is 15.2 Å². The normalized spacial score (nSPS) is 11.0. The van der Waals surface area contributed by atoms with Crippen LogP contribution < -0.4 is 11.1 Å². The first kappa shape index (κ1) is 11.5. The summed E-state index contributed by atoms with van der Waals surface area (Å²) in [7, 11) is 0. The van der Waals surface area contributed by atoms with Gasteiger partial charge in [-0.1, -0.05) is 0 Å². The molecule has 0 saturated heterocycles. The van der Waals surface area contributed by atoms with Crippen molar-refractivity contribution < 1.29 is 4.42 Å². The number of rotatable bonds is 2. The summed E-state index contributed by atoms with van der Waals surface area (Å²) in [5.74, 6) is 0.721. The summed E-state index contributed by atoms with van der Waals surface area (Å²) >= 11 is 0. The van der Waals surface area contributed by atoms with Crippen LogP contribution in [-0.2, 0) is 6.42 Å². The third-order valence-corrected chi connectivity index (χ3v) is 2.92. The first-order chi connectivity index (χ1) is 9.15. The number of aryl methyl sites for hydroxylation is 1. The molecule has 6 nitrogen and oxygen atoms in total. The lowest BCUT2D eigenvalue weighted by molar-refractivity contribution is 0.519. The van der Waals surface area contributed by atoms with Crippen LogP contribution in [0.15, 0.2) is 38.5 Å². The van der Waals surface area contributed by atoms with Crippen LogP contribution in [0.5, 0.6) is 0 Å². The van der Waals surface area contributed by atoms with Crippen molar-refractivity contribution in [2.75, 3.05) is 0 Å². The summed E-state index contributed by atoms with van der Waals surface area (Å²) in [6.45, 7) is 1.76. The van der Waals surface area contributed by atoms with E-state index in [1.807, 2.05) is 6.07 Å². The monoisotopic (exact) mass is 257 g/mol. The smallest absolute Gasteiger partial charge is 0.277 e. The van der Waals surface area contributed by atoms with Gasteiger partial charge in [-0.15, -0.1) is 0 Å². The summed E-state index contributed by atoms with van der Waals surface area (Å²) in [5.41, 5.74) is 0.406. The van der Waals surface area contributed by atoms with Gasteiger partial charge in [-0.05, 0) is 25.1 Å². The molecule has 0 saturated carbocycles. The molecule has 0 radical (unpaired) electrons. The second kappa shape index (κ2) is 4.24. The Kier molecular flexibility index (Phi) is 2.56. The SMILES string of the molecule is Cc1cc2c(Cc3ccco3)n[nH]c(=O)c2c(=O)[nH]1. The van der Waals surface area contributed by atoms with Gasteiger partial charge < -0.3 is 9.40 Å². The highest BCUT2D eigenvalue weighted by Gasteiger charge is 2.12. The summed E-state index contributed by atoms with van der Waals surface area (Å²) in [4.78, 5) is 26.2. The van der Waals surface area contributed by atoms with Crippen molar-refractivity contribution in [3.05, 3.63) is 62.3 Å². The lowest BCUT2D eigenvalue weighted by Gasteiger charge is -2.04. The van der Waals surface area contributed by atoms with Crippen LogP contribution in [0.2, 0.25) is 0 Å². The Bertz CT molecular complexity index is 844. The Morgan fingerprint density at radius 2 is 2.16 bits per heavy atom. The zero-order valence-corrected chi connectivity index (χ0v) is 10.2. The van der Waals surface area contributed by atoms with Crippen LogP contribution in [0.25, 0.3) is 10.8 Å². The molecule has 96 valence electrons. The maximum atomic E-state index is 11.8. The first-order valence-electron chi connectivity index (χ1n) is 5.79. The van der Waals surface area contributed by atoms with Gasteiger partial charge in [0.1, 0.15) is 11.1 Å². The number of hydrogen-bond acceptors (Lipinski definition) is 4. The first-order valence-corrected chi connectivity index (χ1v) is 5.79. The molecule has 3 aromatic heterocycles. The van der Waals surface area contributed by atoms with Crippen molar-refractivity contribution in [1.82, 2.24) is 15.2 Å². The molecule has 3 heterocycles. The number of pyridine rings is 1. The van der Waals surface area contributed by atoms with E-state index >= 15 is 0 Å². The van der Waals surface area contributed by atoms with Crippen LogP contribution in [0.1, 0.15) is 17.1 Å². The molecular weight excluding hydrogens is 246 g/mol. The molecule has 0 unspecified atom stereocenters. The lowest BCUT2D eigenvalue weighted by Crippen LogP contribution is -2.21. The van der Waals surface area contributed by atoms with Crippen LogP contribution in [0, 0.1) is 6.92 Å². The minimum atomic E-state index is -0.487. The highest BCUT2D eigenvalue weighted by molar-refractivity contribution is 5.83. The zero-order chi connectivity index (χ0) is 13.4. The summed E-state index contributed by atoms with van der Waals surface area (Å²) in [6.07, 6.45) is 1.99. The molecule has 6 heteroatoms. The molecule has 3 aromatic rings. The number of aromatic amines is 2. The Morgan fingerprint density at radius 3 is 2.89 bits per heavy atom. The Hall–Kier alpha value is -2.63. The van der Waals surface area contributed by atoms with E-state index in [9.17, 15) is 9.59 Å². The molecule has 3 rings (SSSR count). The highest BCUT2D eigenvalue weighted by Crippen LogP contribution is 2.15. The van der Waals surface area contributed by atoms with E-state index in [4.69, 9.17) is 4.42 Å². The van der Waals surface area contributed by atoms with Crippen molar-refractivity contribution in [3.8, 4) is 0 Å². The summed E-state index contributed by atoms with van der Waals surface area (Å²) in [6, 6.07) is 5.34. The number of nitrogens with one attached hydrogen (secondary N) is 2. The maximum absolute atomic E-state index is 11.8. The lowest BCUT2D eigenvalue weighted by atomic mass is 10.1. The predicted octanol–water partition coefficient (Wildman–Crippen LogP) is 1.10. The number of aromatic nitrogens is 3. The number of hydrogen-bond donors (Lipinski definition) is 2. The molecule has 0 aromatic carbocycles. The third kappa shape index (κ3) is 1.97. The standard InChI is InChI=1S/C13H11N3O3/c1-7-5-9-10(6-8-3-2-4-19-8)15-16-13(18)11(9)12(17)14-7/h2-5H,6H2,1H3,(H,14,17)(H,16,18). The summed E-state index contributed by atoms with van der Waals surface area (Å²) < 4.78 is 5.26. The Balaban J connectivity index is 2.29. The van der Waals surface area contributed by atoms with E-state index < -0.39 is 11.1 Å². The van der Waals surface area contributed by atoms with Crippen molar-refractivity contribution in [1.29, 1.82) is 0 Å². The average Bonchev–Trinajstić information content (AvgIpc) is 2.85. The third-order valence-electron chi connectivity index (χ3n) is 2.92. The van der Waals surface area contributed by atoms with E-state index in [0.717, 1.165) is 5.76 Å². The molecule has 0 fully saturated rings. The Morgan fingerprint density at radius 1 is 1.32 bits per heavy atom. The van der Waals surface area contributed by atoms with E-state index in [-0.39, 0.29) is 5.39 Å². The van der Waals surface area contributed by atoms with Gasteiger partial charge in [-0.2, -0.15) is 5.10 Å². The average molecular weight is 257 g/mol. The molecule has 0 aliphatic carbocycles. The number of fused-ring (bicyclic) bond motifs is 1. The number of H-pyrrole nitrogens is 2. The minimum Gasteiger partial charge on any atom is -0.469 e. The van der Waals surface area contributed by atoms with E-state index in [0.29, 0.717) is 23.2 Å². The van der Waals surface area contributed by atoms with Crippen molar-refractivity contribution >= 4 is 10.8 Å². The summed E-state index contributed by atoms with van der Waals surface area (Å²) in [5, 5.41) is 7.02. The molecule has 0 aliphatic rings. The van der Waals surface area contributed by atoms with Gasteiger partial charge in [0, 0.05) is 11.1 Å². The van der Waals surface area contributed by atoms with Gasteiger partial charge in [0.2, 0.25) is 0 Å². The predicted molar refractivity (Wildman–Crippen MR) is 69.2 cm³/mol. The van der Waals surface area contributed by atoms with Crippen LogP contribution in [0.4, 0.5) is 0 Å². The zero-order valence-electron chi connectivity index (χ0n) is 10.2. The molecule has 0 amide bonds. The number of furan rings is 1. The van der Waals surface area contributed by atoms with Gasteiger partial charge in [-0.3, -0.25) is 9.59 Å². The largest absolute Gasteiger partial charge is 0.469 e. The minimum absolute atomic E-state index is 0.0992. The quantitative estimate of drug-likeness (QED) is 0.719. The molecule has 0 aliphatic heterocycles. The van der Waals surface area contributed by atoms with Gasteiger partial charge in [0.25, 0.3) is 11.1 Å². The van der Waals surface area contributed by atoms with Crippen molar-refractivity contribution in [3.63, 3.8) is 0 Å². The van der Waals surface area contributed by atoms with Crippen molar-refractivity contribution in [2.24, 2.45) is 0 Å². The highest BCUT2D eigenvalue weighted by atomic mass is 16.3. The van der Waals surface area contributed by atoms with Gasteiger partial charge in [0.15, 0.2) is 0 Å². The maximum Gasteiger partial charge on any atom is 0.277 e. The van der Waals surface area contributed by atoms with Gasteiger partial charge in [-0.25, -0.2) is 5.10 Å². The van der Waals surface area contributed by atoms with Crippen LogP contribution in [-0.4, -0.2) is 15.2 Å². The van der Waals surface area contributed by atoms with E-state index in [1.54, 1.807) is 25.3 Å². The number of nitrogens with zero attached hydrogens (tertiary/aromatic N) is 1. The van der Waals surface area contributed by atoms with Crippen molar-refractivity contribution in [2.45, 2.75) is 13.3 Å². The van der Waals surface area contributed by atoms with Crippen LogP contribution in [0.3, 0.4) is 0 Å². The molecule has 0 spiro atoms. The fraction of sp³-hybridized carbons (Fsp3) is 0.154. The fourth-order valence-electron chi connectivity index (χ4n) is 2.09. The van der Waals surface area contributed by atoms with Gasteiger partial charge >= 0.3 is 0 Å².